The van der Waals surface area contributed by atoms with Gasteiger partial charge in [-0.05, 0) is 6.42 Å². The van der Waals surface area contributed by atoms with E-state index >= 15 is 0 Å². The molecule has 1 aliphatic heterocycles. The molecule has 0 amide bonds. The van der Waals surface area contributed by atoms with Crippen LogP contribution in [0.1, 0.15) is 12.8 Å². The monoisotopic (exact) mass is 235 g/mol. The van der Waals surface area contributed by atoms with Gasteiger partial charge < -0.3 is 10.1 Å². The van der Waals surface area contributed by atoms with Crippen molar-refractivity contribution in [2.24, 2.45) is 0 Å². The fourth-order valence-electron chi connectivity index (χ4n) is 1.44. The smallest absolute Gasteiger partial charge is 0.162 e. The Morgan fingerprint density at radius 3 is 2.80 bits per heavy atom. The van der Waals surface area contributed by atoms with Crippen molar-refractivity contribution in [1.29, 1.82) is 0 Å². The normalized spacial score (nSPS) is 22.6. The summed E-state index contributed by atoms with van der Waals surface area (Å²) in [6.07, 6.45) is 1.45. The van der Waals surface area contributed by atoms with Gasteiger partial charge >= 0.3 is 0 Å². The number of sulfone groups is 1. The summed E-state index contributed by atoms with van der Waals surface area (Å²) in [4.78, 5) is 11.5. The van der Waals surface area contributed by atoms with Crippen molar-refractivity contribution in [3.63, 3.8) is 0 Å². The highest BCUT2D eigenvalue weighted by Crippen LogP contribution is 2.04. The molecule has 1 fully saturated rings. The van der Waals surface area contributed by atoms with Gasteiger partial charge in [0.15, 0.2) is 5.78 Å². The predicted octanol–water partition coefficient (Wildman–Crippen LogP) is -0.631. The molecule has 6 heteroatoms. The van der Waals surface area contributed by atoms with Gasteiger partial charge in [-0.2, -0.15) is 0 Å². The topological polar surface area (TPSA) is 72.5 Å². The molecule has 1 N–H and O–H groups in total. The summed E-state index contributed by atoms with van der Waals surface area (Å²) in [6.45, 7) is 1.85. The standard InChI is InChI=1S/C9H17NO4S/c1-15(12,13)6-2-3-8(11)9-7-10-4-5-14-9/h9-10H,2-7H2,1H3. The molecule has 0 saturated carbocycles. The molecule has 0 aliphatic carbocycles. The number of Topliss-reactive ketones (excluding diaryl/α,β-unsaturated/α-hetero) is 1. The maximum absolute atomic E-state index is 11.5. The number of hydrogen-bond acceptors (Lipinski definition) is 5. The zero-order valence-corrected chi connectivity index (χ0v) is 9.68. The van der Waals surface area contributed by atoms with Crippen LogP contribution in [-0.2, 0) is 19.4 Å². The van der Waals surface area contributed by atoms with Crippen molar-refractivity contribution in [1.82, 2.24) is 5.32 Å². The molecule has 1 rings (SSSR count). The third-order valence-electron chi connectivity index (χ3n) is 2.23. The van der Waals surface area contributed by atoms with Crippen LogP contribution in [0.4, 0.5) is 0 Å². The number of morpholine rings is 1. The number of ether oxygens (including phenoxy) is 1. The Balaban J connectivity index is 2.23. The second-order valence-electron chi connectivity index (χ2n) is 3.76. The molecule has 88 valence electrons. The van der Waals surface area contributed by atoms with Crippen LogP contribution in [0.5, 0.6) is 0 Å². The van der Waals surface area contributed by atoms with Crippen LogP contribution in [0.25, 0.3) is 0 Å². The highest BCUT2D eigenvalue weighted by Gasteiger charge is 2.21. The summed E-state index contributed by atoms with van der Waals surface area (Å²) in [7, 11) is -2.96. The summed E-state index contributed by atoms with van der Waals surface area (Å²) < 4.78 is 26.9. The number of nitrogens with one attached hydrogen (secondary N) is 1. The maximum atomic E-state index is 11.5. The maximum Gasteiger partial charge on any atom is 0.162 e. The van der Waals surface area contributed by atoms with Gasteiger partial charge in [-0.3, -0.25) is 4.79 Å². The molecule has 0 spiro atoms. The zero-order valence-electron chi connectivity index (χ0n) is 8.86. The molecule has 1 atom stereocenters. The summed E-state index contributed by atoms with van der Waals surface area (Å²) >= 11 is 0. The van der Waals surface area contributed by atoms with Gasteiger partial charge in [0, 0.05) is 25.8 Å². The molecular weight excluding hydrogens is 218 g/mol. The van der Waals surface area contributed by atoms with Gasteiger partial charge in [0.2, 0.25) is 0 Å². The molecule has 0 bridgehead atoms. The molecular formula is C9H17NO4S. The zero-order chi connectivity index (χ0) is 11.3. The minimum Gasteiger partial charge on any atom is -0.368 e. The summed E-state index contributed by atoms with van der Waals surface area (Å²) in [5.41, 5.74) is 0. The Labute approximate surface area is 90.1 Å². The molecule has 1 saturated heterocycles. The van der Waals surface area contributed by atoms with Crippen molar-refractivity contribution >= 4 is 15.6 Å². The van der Waals surface area contributed by atoms with Crippen molar-refractivity contribution in [3.05, 3.63) is 0 Å². The molecule has 1 aliphatic rings. The van der Waals surface area contributed by atoms with Gasteiger partial charge in [-0.25, -0.2) is 8.42 Å². The Bertz CT molecular complexity index is 306. The summed E-state index contributed by atoms with van der Waals surface area (Å²) in [5.74, 6) is 0.0599. The van der Waals surface area contributed by atoms with Crippen LogP contribution in [0, 0.1) is 0 Å². The molecule has 0 radical (unpaired) electrons. The first-order valence-electron chi connectivity index (χ1n) is 5.02. The first-order valence-corrected chi connectivity index (χ1v) is 7.08. The van der Waals surface area contributed by atoms with Gasteiger partial charge in [-0.1, -0.05) is 0 Å². The van der Waals surface area contributed by atoms with Crippen molar-refractivity contribution < 1.29 is 17.9 Å². The SMILES string of the molecule is CS(=O)(=O)CCCC(=O)C1CNCCO1. The second-order valence-corrected chi connectivity index (χ2v) is 6.02. The van der Waals surface area contributed by atoms with Crippen molar-refractivity contribution in [2.45, 2.75) is 18.9 Å². The van der Waals surface area contributed by atoms with E-state index in [4.69, 9.17) is 4.74 Å². The molecule has 15 heavy (non-hydrogen) atoms. The van der Waals surface area contributed by atoms with Gasteiger partial charge in [-0.15, -0.1) is 0 Å². The fraction of sp³-hybridized carbons (Fsp3) is 0.889. The van der Waals surface area contributed by atoms with E-state index in [1.165, 1.54) is 6.26 Å². The Kier molecular flexibility index (Phi) is 4.69. The fourth-order valence-corrected chi connectivity index (χ4v) is 2.11. The number of rotatable bonds is 5. The summed E-state index contributed by atoms with van der Waals surface area (Å²) in [5, 5.41) is 3.06. The largest absolute Gasteiger partial charge is 0.368 e. The minimum atomic E-state index is -2.96. The molecule has 0 aromatic heterocycles. The van der Waals surface area contributed by atoms with E-state index < -0.39 is 15.9 Å². The van der Waals surface area contributed by atoms with Crippen molar-refractivity contribution in [2.75, 3.05) is 31.7 Å². The lowest BCUT2D eigenvalue weighted by atomic mass is 10.1. The van der Waals surface area contributed by atoms with E-state index in [9.17, 15) is 13.2 Å². The van der Waals surface area contributed by atoms with Crippen LogP contribution in [0.15, 0.2) is 0 Å². The van der Waals surface area contributed by atoms with Crippen LogP contribution in [0.3, 0.4) is 0 Å². The number of hydrogen-bond donors (Lipinski definition) is 1. The quantitative estimate of drug-likeness (QED) is 0.687. The molecule has 1 heterocycles. The van der Waals surface area contributed by atoms with E-state index in [1.54, 1.807) is 0 Å². The first kappa shape index (κ1) is 12.6. The highest BCUT2D eigenvalue weighted by molar-refractivity contribution is 7.90. The lowest BCUT2D eigenvalue weighted by Crippen LogP contribution is -2.43. The molecule has 5 nitrogen and oxygen atoms in total. The van der Waals surface area contributed by atoms with Gasteiger partial charge in [0.05, 0.1) is 12.4 Å². The molecule has 1 unspecified atom stereocenters. The number of ketones is 1. The lowest BCUT2D eigenvalue weighted by molar-refractivity contribution is -0.131. The highest BCUT2D eigenvalue weighted by atomic mass is 32.2. The van der Waals surface area contributed by atoms with E-state index in [1.807, 2.05) is 0 Å². The third-order valence-corrected chi connectivity index (χ3v) is 3.26. The van der Waals surface area contributed by atoms with Crippen LogP contribution in [-0.4, -0.2) is 52.0 Å². The van der Waals surface area contributed by atoms with Crippen molar-refractivity contribution in [3.8, 4) is 0 Å². The van der Waals surface area contributed by atoms with E-state index in [0.29, 0.717) is 19.6 Å². The first-order chi connectivity index (χ1) is 6.99. The van der Waals surface area contributed by atoms with E-state index in [-0.39, 0.29) is 18.0 Å². The number of carbonyl (C=O) groups is 1. The van der Waals surface area contributed by atoms with Crippen LogP contribution >= 0.6 is 0 Å². The lowest BCUT2D eigenvalue weighted by Gasteiger charge is -2.22. The third kappa shape index (κ3) is 5.25. The Morgan fingerprint density at radius 1 is 1.53 bits per heavy atom. The average molecular weight is 235 g/mol. The molecule has 0 aromatic carbocycles. The van der Waals surface area contributed by atoms with Crippen LogP contribution in [0.2, 0.25) is 0 Å². The average Bonchev–Trinajstić information content (AvgIpc) is 2.17. The predicted molar refractivity (Wildman–Crippen MR) is 56.6 cm³/mol. The Morgan fingerprint density at radius 2 is 2.27 bits per heavy atom. The van der Waals surface area contributed by atoms with Gasteiger partial charge in [0.1, 0.15) is 15.9 Å². The van der Waals surface area contributed by atoms with Gasteiger partial charge in [0.25, 0.3) is 0 Å². The number of carbonyl (C=O) groups excluding carboxylic acids is 1. The van der Waals surface area contributed by atoms with E-state index in [0.717, 1.165) is 6.54 Å². The molecule has 0 aromatic rings. The minimum absolute atomic E-state index is 0.00847. The van der Waals surface area contributed by atoms with Crippen LogP contribution < -0.4 is 5.32 Å². The summed E-state index contributed by atoms with van der Waals surface area (Å²) in [6, 6.07) is 0. The Hall–Kier alpha value is -0.460. The second kappa shape index (κ2) is 5.58. The van der Waals surface area contributed by atoms with E-state index in [2.05, 4.69) is 5.32 Å².